The van der Waals surface area contributed by atoms with Gasteiger partial charge >= 0.3 is 0 Å². The summed E-state index contributed by atoms with van der Waals surface area (Å²) >= 11 is 0. The number of unbranched alkanes of at least 4 members (excludes halogenated alkanes) is 1. The Morgan fingerprint density at radius 2 is 2.00 bits per heavy atom. The van der Waals surface area contributed by atoms with E-state index >= 15 is 0 Å². The fourth-order valence-electron chi connectivity index (χ4n) is 1.69. The molecule has 0 radical (unpaired) electrons. The molecule has 1 aromatic heterocycles. The summed E-state index contributed by atoms with van der Waals surface area (Å²) < 4.78 is 31.3. The van der Waals surface area contributed by atoms with E-state index in [1.54, 1.807) is 13.0 Å². The average molecular weight is 316 g/mol. The Labute approximate surface area is 126 Å². The summed E-state index contributed by atoms with van der Waals surface area (Å²) in [6.07, 6.45) is 1.38. The predicted molar refractivity (Wildman–Crippen MR) is 83.1 cm³/mol. The van der Waals surface area contributed by atoms with Crippen LogP contribution in [0.1, 0.15) is 32.4 Å². The quantitative estimate of drug-likeness (QED) is 0.667. The smallest absolute Gasteiger partial charge is 0.240 e. The van der Waals surface area contributed by atoms with Crippen molar-refractivity contribution in [2.24, 2.45) is 0 Å². The van der Waals surface area contributed by atoms with Gasteiger partial charge in [-0.1, -0.05) is 13.8 Å². The molecule has 0 bridgehead atoms. The number of sulfonamides is 1. The van der Waals surface area contributed by atoms with E-state index in [4.69, 9.17) is 4.74 Å². The Morgan fingerprint density at radius 1 is 1.29 bits per heavy atom. The number of anilines is 1. The third-order valence-corrected chi connectivity index (χ3v) is 4.00. The van der Waals surface area contributed by atoms with Gasteiger partial charge in [0, 0.05) is 17.8 Å². The highest BCUT2D eigenvalue weighted by molar-refractivity contribution is 7.92. The maximum Gasteiger partial charge on any atom is 0.240 e. The molecule has 1 heterocycles. The molecule has 0 atom stereocenters. The number of methoxy groups -OCH3 is 1. The molecule has 0 fully saturated rings. The maximum absolute atomic E-state index is 12.0. The van der Waals surface area contributed by atoms with Gasteiger partial charge in [0.05, 0.1) is 12.9 Å². The Kier molecular flexibility index (Phi) is 6.83. The van der Waals surface area contributed by atoms with Crippen LogP contribution < -0.4 is 14.8 Å². The molecule has 21 heavy (non-hydrogen) atoms. The van der Waals surface area contributed by atoms with Gasteiger partial charge in [0.1, 0.15) is 0 Å². The molecule has 0 saturated carbocycles. The second-order valence-corrected chi connectivity index (χ2v) is 6.95. The van der Waals surface area contributed by atoms with Crippen LogP contribution in [0.15, 0.2) is 6.07 Å². The van der Waals surface area contributed by atoms with Crippen molar-refractivity contribution in [1.82, 2.24) is 15.3 Å². The van der Waals surface area contributed by atoms with Gasteiger partial charge in [0.25, 0.3) is 0 Å². The second kappa shape index (κ2) is 8.14. The van der Waals surface area contributed by atoms with Gasteiger partial charge in [-0.15, -0.1) is 0 Å². The first-order valence-electron chi connectivity index (χ1n) is 6.96. The van der Waals surface area contributed by atoms with Gasteiger partial charge in [-0.2, -0.15) is 4.98 Å². The number of hydrogen-bond donors (Lipinski definition) is 2. The minimum absolute atomic E-state index is 0.0480. The molecule has 2 N–H and O–H groups in total. The van der Waals surface area contributed by atoms with E-state index in [1.165, 1.54) is 7.11 Å². The number of ether oxygens (including phenoxy) is 1. The lowest BCUT2D eigenvalue weighted by atomic mass is 10.3. The third kappa shape index (κ3) is 7.24. The topological polar surface area (TPSA) is 93.2 Å². The lowest BCUT2D eigenvalue weighted by molar-refractivity contribution is 0.397. The van der Waals surface area contributed by atoms with Crippen molar-refractivity contribution in [3.8, 4) is 5.88 Å². The van der Waals surface area contributed by atoms with Crippen molar-refractivity contribution in [3.05, 3.63) is 11.8 Å². The zero-order valence-electron chi connectivity index (χ0n) is 13.0. The molecule has 0 spiro atoms. The van der Waals surface area contributed by atoms with E-state index in [9.17, 15) is 8.42 Å². The highest BCUT2D eigenvalue weighted by Crippen LogP contribution is 2.12. The number of aromatic nitrogens is 2. The molecule has 0 aliphatic heterocycles. The van der Waals surface area contributed by atoms with Crippen LogP contribution in [0.4, 0.5) is 5.95 Å². The first-order valence-corrected chi connectivity index (χ1v) is 8.61. The lowest BCUT2D eigenvalue weighted by Gasteiger charge is -2.09. The Hall–Kier alpha value is -1.41. The summed E-state index contributed by atoms with van der Waals surface area (Å²) in [6.45, 7) is 6.67. The summed E-state index contributed by atoms with van der Waals surface area (Å²) in [4.78, 5) is 8.01. The molecule has 0 aromatic carbocycles. The van der Waals surface area contributed by atoms with Gasteiger partial charge < -0.3 is 10.1 Å². The summed E-state index contributed by atoms with van der Waals surface area (Å²) in [5.74, 6) is 0.431. The number of aryl methyl sites for hydroxylation is 1. The Morgan fingerprint density at radius 3 is 2.62 bits per heavy atom. The highest BCUT2D eigenvalue weighted by atomic mass is 32.2. The van der Waals surface area contributed by atoms with Crippen LogP contribution in [-0.2, 0) is 10.0 Å². The van der Waals surface area contributed by atoms with Crippen LogP contribution in [0.25, 0.3) is 0 Å². The maximum atomic E-state index is 12.0. The second-order valence-electron chi connectivity index (χ2n) is 5.11. The minimum atomic E-state index is -3.44. The van der Waals surface area contributed by atoms with Crippen molar-refractivity contribution in [2.75, 3.05) is 24.1 Å². The third-order valence-electron chi connectivity index (χ3n) is 2.68. The molecule has 0 amide bonds. The van der Waals surface area contributed by atoms with Gasteiger partial charge in [0.2, 0.25) is 21.9 Å². The van der Waals surface area contributed by atoms with Crippen molar-refractivity contribution in [1.29, 1.82) is 0 Å². The molecule has 1 rings (SSSR count). The van der Waals surface area contributed by atoms with Gasteiger partial charge in [-0.3, -0.25) is 4.72 Å². The summed E-state index contributed by atoms with van der Waals surface area (Å²) in [5, 5.41) is 3.25. The van der Waals surface area contributed by atoms with Crippen LogP contribution in [0.5, 0.6) is 5.88 Å². The van der Waals surface area contributed by atoms with E-state index in [-0.39, 0.29) is 11.7 Å². The van der Waals surface area contributed by atoms with Crippen molar-refractivity contribution < 1.29 is 13.2 Å². The molecule has 0 unspecified atom stereocenters. The standard InChI is InChI=1S/C13H24N4O3S/c1-10(2)14-7-5-6-8-21(18,19)17-13-15-11(3)9-12(16-13)20-4/h9-10,14H,5-8H2,1-4H3,(H,15,16,17). The number of rotatable bonds is 9. The fourth-order valence-corrected chi connectivity index (χ4v) is 2.74. The van der Waals surface area contributed by atoms with Crippen molar-refractivity contribution in [2.45, 2.75) is 39.7 Å². The molecule has 0 aliphatic rings. The van der Waals surface area contributed by atoms with E-state index in [1.807, 2.05) is 0 Å². The number of hydrogen-bond acceptors (Lipinski definition) is 6. The summed E-state index contributed by atoms with van der Waals surface area (Å²) in [7, 11) is -1.96. The molecule has 7 nitrogen and oxygen atoms in total. The first kappa shape index (κ1) is 17.6. The molecule has 1 aromatic rings. The van der Waals surface area contributed by atoms with Crippen molar-refractivity contribution in [3.63, 3.8) is 0 Å². The number of nitrogens with zero attached hydrogens (tertiary/aromatic N) is 2. The zero-order valence-corrected chi connectivity index (χ0v) is 13.8. The summed E-state index contributed by atoms with van der Waals surface area (Å²) in [5.41, 5.74) is 0.640. The van der Waals surface area contributed by atoms with Crippen LogP contribution in [0.2, 0.25) is 0 Å². The fraction of sp³-hybridized carbons (Fsp3) is 0.692. The zero-order chi connectivity index (χ0) is 15.9. The molecule has 120 valence electrons. The highest BCUT2D eigenvalue weighted by Gasteiger charge is 2.13. The molecular formula is C13H24N4O3S. The normalized spacial score (nSPS) is 11.7. The SMILES string of the molecule is COc1cc(C)nc(NS(=O)(=O)CCCCNC(C)C)n1. The molecule has 0 saturated heterocycles. The van der Waals surface area contributed by atoms with E-state index in [0.717, 1.165) is 13.0 Å². The van der Waals surface area contributed by atoms with Crippen LogP contribution >= 0.6 is 0 Å². The molecule has 0 aliphatic carbocycles. The largest absolute Gasteiger partial charge is 0.481 e. The lowest BCUT2D eigenvalue weighted by Crippen LogP contribution is -2.24. The summed E-state index contributed by atoms with van der Waals surface area (Å²) in [6, 6.07) is 2.04. The first-order chi connectivity index (χ1) is 9.82. The van der Waals surface area contributed by atoms with E-state index in [0.29, 0.717) is 24.0 Å². The number of nitrogens with one attached hydrogen (secondary N) is 2. The monoisotopic (exact) mass is 316 g/mol. The van der Waals surface area contributed by atoms with Gasteiger partial charge in [-0.25, -0.2) is 13.4 Å². The van der Waals surface area contributed by atoms with E-state index < -0.39 is 10.0 Å². The molecule has 8 heteroatoms. The Bertz CT molecular complexity index is 546. The van der Waals surface area contributed by atoms with Crippen LogP contribution in [0, 0.1) is 6.92 Å². The average Bonchev–Trinajstić information content (AvgIpc) is 2.36. The predicted octanol–water partition coefficient (Wildman–Crippen LogP) is 1.31. The van der Waals surface area contributed by atoms with Gasteiger partial charge in [0.15, 0.2) is 0 Å². The van der Waals surface area contributed by atoms with Crippen LogP contribution in [0.3, 0.4) is 0 Å². The minimum Gasteiger partial charge on any atom is -0.481 e. The van der Waals surface area contributed by atoms with Crippen molar-refractivity contribution >= 4 is 16.0 Å². The Balaban J connectivity index is 2.50. The van der Waals surface area contributed by atoms with E-state index in [2.05, 4.69) is 33.9 Å². The van der Waals surface area contributed by atoms with Crippen LogP contribution in [-0.4, -0.2) is 43.8 Å². The van der Waals surface area contributed by atoms with Gasteiger partial charge in [-0.05, 0) is 26.3 Å². The molecular weight excluding hydrogens is 292 g/mol.